The summed E-state index contributed by atoms with van der Waals surface area (Å²) in [5.41, 5.74) is 7.16. The third-order valence-corrected chi connectivity index (χ3v) is 2.73. The number of amidine groups is 1. The van der Waals surface area contributed by atoms with Gasteiger partial charge in [0, 0.05) is 18.7 Å². The maximum atomic E-state index is 11.8. The van der Waals surface area contributed by atoms with Crippen LogP contribution in [0.1, 0.15) is 22.8 Å². The van der Waals surface area contributed by atoms with E-state index in [1.54, 1.807) is 19.1 Å². The maximum absolute atomic E-state index is 11.8. The van der Waals surface area contributed by atoms with Crippen molar-refractivity contribution in [1.29, 1.82) is 0 Å². The molecule has 0 radical (unpaired) electrons. The molecule has 6 nitrogen and oxygen atoms in total. The van der Waals surface area contributed by atoms with Crippen LogP contribution in [0, 0.1) is 6.92 Å². The van der Waals surface area contributed by atoms with E-state index in [2.05, 4.69) is 15.8 Å². The lowest BCUT2D eigenvalue weighted by Crippen LogP contribution is -2.42. The van der Waals surface area contributed by atoms with Crippen LogP contribution < -0.4 is 16.4 Å². The molecule has 0 aromatic heterocycles. The van der Waals surface area contributed by atoms with E-state index in [1.165, 1.54) is 0 Å². The summed E-state index contributed by atoms with van der Waals surface area (Å²) in [5, 5.41) is 17.2. The minimum Gasteiger partial charge on any atom is -0.409 e. The lowest BCUT2D eigenvalue weighted by molar-refractivity contribution is 0.0954. The van der Waals surface area contributed by atoms with Crippen LogP contribution in [-0.2, 0) is 0 Å². The van der Waals surface area contributed by atoms with E-state index in [-0.39, 0.29) is 17.8 Å². The Labute approximate surface area is 112 Å². The van der Waals surface area contributed by atoms with Gasteiger partial charge in [-0.3, -0.25) is 4.79 Å². The highest BCUT2D eigenvalue weighted by molar-refractivity contribution is 5.94. The number of hydrogen-bond acceptors (Lipinski definition) is 4. The molecule has 0 aliphatic rings. The number of nitrogens with two attached hydrogens (primary N) is 1. The van der Waals surface area contributed by atoms with E-state index in [4.69, 9.17) is 10.9 Å². The van der Waals surface area contributed by atoms with E-state index in [1.807, 2.05) is 19.1 Å². The van der Waals surface area contributed by atoms with Crippen LogP contribution in [0.25, 0.3) is 0 Å². The van der Waals surface area contributed by atoms with Crippen molar-refractivity contribution in [3.05, 3.63) is 35.4 Å². The van der Waals surface area contributed by atoms with Gasteiger partial charge >= 0.3 is 0 Å². The fourth-order valence-corrected chi connectivity index (χ4v) is 1.46. The molecule has 1 rings (SSSR count). The molecule has 0 aliphatic carbocycles. The summed E-state index contributed by atoms with van der Waals surface area (Å²) in [6, 6.07) is 7.14. The molecule has 0 bridgehead atoms. The summed E-state index contributed by atoms with van der Waals surface area (Å²) in [7, 11) is 0. The number of amides is 1. The smallest absolute Gasteiger partial charge is 0.251 e. The quantitative estimate of drug-likeness (QED) is 0.197. The van der Waals surface area contributed by atoms with Crippen molar-refractivity contribution >= 4 is 11.7 Å². The van der Waals surface area contributed by atoms with Gasteiger partial charge in [0.2, 0.25) is 0 Å². The SMILES string of the molecule is Cc1ccc(C(=O)NCCNC(C)C(N)=NO)cc1. The molecule has 0 saturated carbocycles. The van der Waals surface area contributed by atoms with E-state index >= 15 is 0 Å². The first-order valence-corrected chi connectivity index (χ1v) is 6.10. The number of nitrogens with one attached hydrogen (secondary N) is 2. The van der Waals surface area contributed by atoms with Gasteiger partial charge < -0.3 is 21.6 Å². The van der Waals surface area contributed by atoms with Gasteiger partial charge in [-0.15, -0.1) is 0 Å². The van der Waals surface area contributed by atoms with Crippen LogP contribution in [0.3, 0.4) is 0 Å². The largest absolute Gasteiger partial charge is 0.409 e. The van der Waals surface area contributed by atoms with E-state index in [0.717, 1.165) is 5.56 Å². The van der Waals surface area contributed by atoms with Crippen molar-refractivity contribution in [3.8, 4) is 0 Å². The Kier molecular flexibility index (Phi) is 5.81. The zero-order chi connectivity index (χ0) is 14.3. The summed E-state index contributed by atoms with van der Waals surface area (Å²) < 4.78 is 0. The molecular formula is C13H20N4O2. The van der Waals surface area contributed by atoms with E-state index < -0.39 is 0 Å². The first-order chi connectivity index (χ1) is 9.04. The summed E-state index contributed by atoms with van der Waals surface area (Å²) >= 11 is 0. The lowest BCUT2D eigenvalue weighted by atomic mass is 10.1. The second-order valence-electron chi connectivity index (χ2n) is 4.32. The Morgan fingerprint density at radius 2 is 2.00 bits per heavy atom. The summed E-state index contributed by atoms with van der Waals surface area (Å²) in [6.07, 6.45) is 0. The number of carbonyl (C=O) groups excluding carboxylic acids is 1. The summed E-state index contributed by atoms with van der Waals surface area (Å²) in [4.78, 5) is 11.8. The van der Waals surface area contributed by atoms with Gasteiger partial charge in [0.05, 0.1) is 6.04 Å². The Morgan fingerprint density at radius 3 is 2.58 bits per heavy atom. The van der Waals surface area contributed by atoms with Crippen molar-refractivity contribution in [1.82, 2.24) is 10.6 Å². The monoisotopic (exact) mass is 264 g/mol. The van der Waals surface area contributed by atoms with Gasteiger partial charge in [0.15, 0.2) is 5.84 Å². The summed E-state index contributed by atoms with van der Waals surface area (Å²) in [6.45, 7) is 4.75. The Hall–Kier alpha value is -2.08. The van der Waals surface area contributed by atoms with Gasteiger partial charge in [-0.05, 0) is 26.0 Å². The number of carbonyl (C=O) groups is 1. The second-order valence-corrected chi connectivity index (χ2v) is 4.32. The topological polar surface area (TPSA) is 99.7 Å². The van der Waals surface area contributed by atoms with Gasteiger partial charge in [0.1, 0.15) is 0 Å². The zero-order valence-electron chi connectivity index (χ0n) is 11.2. The highest BCUT2D eigenvalue weighted by Crippen LogP contribution is 2.02. The van der Waals surface area contributed by atoms with Crippen molar-refractivity contribution in [2.45, 2.75) is 19.9 Å². The Balaban J connectivity index is 2.30. The molecule has 0 fully saturated rings. The van der Waals surface area contributed by atoms with Gasteiger partial charge in [-0.2, -0.15) is 0 Å². The molecule has 1 aromatic carbocycles. The van der Waals surface area contributed by atoms with Crippen LogP contribution >= 0.6 is 0 Å². The van der Waals surface area contributed by atoms with Crippen molar-refractivity contribution < 1.29 is 10.0 Å². The molecule has 0 saturated heterocycles. The Morgan fingerprint density at radius 1 is 1.37 bits per heavy atom. The molecule has 1 amide bonds. The standard InChI is InChI=1S/C13H20N4O2/c1-9-3-5-11(6-4-9)13(18)16-8-7-15-10(2)12(14)17-19/h3-6,10,15,19H,7-8H2,1-2H3,(H2,14,17)(H,16,18). The summed E-state index contributed by atoms with van der Waals surface area (Å²) in [5.74, 6) is 0.00288. The highest BCUT2D eigenvalue weighted by atomic mass is 16.4. The van der Waals surface area contributed by atoms with Gasteiger partial charge in [0.25, 0.3) is 5.91 Å². The molecule has 0 aliphatic heterocycles. The average Bonchev–Trinajstić information content (AvgIpc) is 2.42. The van der Waals surface area contributed by atoms with Gasteiger partial charge in [-0.1, -0.05) is 22.9 Å². The number of oxime groups is 1. The fourth-order valence-electron chi connectivity index (χ4n) is 1.46. The zero-order valence-corrected chi connectivity index (χ0v) is 11.2. The number of benzene rings is 1. The molecule has 0 heterocycles. The van der Waals surface area contributed by atoms with E-state index in [9.17, 15) is 4.79 Å². The third kappa shape index (κ3) is 4.97. The van der Waals surface area contributed by atoms with Crippen LogP contribution in [0.4, 0.5) is 0 Å². The fraction of sp³-hybridized carbons (Fsp3) is 0.385. The molecule has 104 valence electrons. The predicted octanol–water partition coefficient (Wildman–Crippen LogP) is 0.449. The molecular weight excluding hydrogens is 244 g/mol. The molecule has 1 atom stereocenters. The normalized spacial score (nSPS) is 13.1. The maximum Gasteiger partial charge on any atom is 0.251 e. The van der Waals surface area contributed by atoms with Crippen LogP contribution in [0.15, 0.2) is 29.4 Å². The molecule has 5 N–H and O–H groups in total. The van der Waals surface area contributed by atoms with Crippen molar-refractivity contribution in [3.63, 3.8) is 0 Å². The minimum absolute atomic E-state index is 0.113. The highest BCUT2D eigenvalue weighted by Gasteiger charge is 2.07. The molecule has 0 spiro atoms. The van der Waals surface area contributed by atoms with Gasteiger partial charge in [-0.25, -0.2) is 0 Å². The van der Waals surface area contributed by atoms with E-state index in [0.29, 0.717) is 18.7 Å². The first kappa shape index (κ1) is 15.0. The van der Waals surface area contributed by atoms with Crippen LogP contribution in [0.2, 0.25) is 0 Å². The molecule has 1 unspecified atom stereocenters. The Bertz CT molecular complexity index is 442. The van der Waals surface area contributed by atoms with Crippen LogP contribution in [0.5, 0.6) is 0 Å². The van der Waals surface area contributed by atoms with Crippen molar-refractivity contribution in [2.24, 2.45) is 10.9 Å². The molecule has 1 aromatic rings. The third-order valence-electron chi connectivity index (χ3n) is 2.73. The van der Waals surface area contributed by atoms with Crippen molar-refractivity contribution in [2.75, 3.05) is 13.1 Å². The molecule has 6 heteroatoms. The lowest BCUT2D eigenvalue weighted by Gasteiger charge is -2.12. The molecule has 19 heavy (non-hydrogen) atoms. The van der Waals surface area contributed by atoms with Crippen LogP contribution in [-0.4, -0.2) is 36.1 Å². The number of aryl methyl sites for hydroxylation is 1. The predicted molar refractivity (Wildman–Crippen MR) is 74.4 cm³/mol. The number of nitrogens with zero attached hydrogens (tertiary/aromatic N) is 1. The second kappa shape index (κ2) is 7.38. The minimum atomic E-state index is -0.235. The number of rotatable bonds is 6. The average molecular weight is 264 g/mol. The first-order valence-electron chi connectivity index (χ1n) is 6.10. The number of hydrogen-bond donors (Lipinski definition) is 4.